The maximum absolute atomic E-state index is 11.8. The Balaban J connectivity index is 3.31. The zero-order chi connectivity index (χ0) is 23.4. The van der Waals surface area contributed by atoms with E-state index in [-0.39, 0.29) is 5.97 Å². The predicted molar refractivity (Wildman–Crippen MR) is 142 cm³/mol. The van der Waals surface area contributed by atoms with Crippen LogP contribution in [0.5, 0.6) is 0 Å². The summed E-state index contributed by atoms with van der Waals surface area (Å²) in [6, 6.07) is 0. The number of carbonyl (C=O) groups excluding carboxylic acids is 1. The van der Waals surface area contributed by atoms with Crippen LogP contribution in [0.4, 0.5) is 0 Å². The third-order valence-corrected chi connectivity index (χ3v) is 5.50. The van der Waals surface area contributed by atoms with E-state index in [2.05, 4.69) is 62.5 Å². The molecule has 0 aromatic heterocycles. The Kier molecular flexibility index (Phi) is 26.1. The van der Waals surface area contributed by atoms with Gasteiger partial charge in [-0.3, -0.25) is 4.79 Å². The summed E-state index contributed by atoms with van der Waals surface area (Å²) >= 11 is 0. The van der Waals surface area contributed by atoms with Crippen LogP contribution in [0.3, 0.4) is 0 Å². The standard InChI is InChI=1S/C30H52O2/c1-3-5-7-9-11-13-15-16-17-18-19-20-22-24-26-28-30(31)32-29-27-25-23-21-14-12-10-8-6-4-2/h9-15,21H,3-8,16-20,22-29H2,1-2H3/b11-9-,12-10+,15-13+,21-14-. The number of rotatable bonds is 23. The van der Waals surface area contributed by atoms with Crippen molar-refractivity contribution in [2.45, 2.75) is 129 Å². The average molecular weight is 445 g/mol. The first kappa shape index (κ1) is 30.4. The van der Waals surface area contributed by atoms with Gasteiger partial charge in [0, 0.05) is 6.42 Å². The second-order valence-electron chi connectivity index (χ2n) is 8.73. The molecule has 0 spiro atoms. The first-order valence-corrected chi connectivity index (χ1v) is 13.6. The molecule has 0 aliphatic rings. The normalized spacial score (nSPS) is 12.2. The number of hydrogen-bond acceptors (Lipinski definition) is 2. The quantitative estimate of drug-likeness (QED) is 0.0890. The molecule has 0 saturated carbocycles. The maximum atomic E-state index is 11.8. The zero-order valence-corrected chi connectivity index (χ0v) is 21.4. The molecule has 0 N–H and O–H groups in total. The van der Waals surface area contributed by atoms with Gasteiger partial charge in [0.25, 0.3) is 0 Å². The van der Waals surface area contributed by atoms with E-state index in [0.29, 0.717) is 13.0 Å². The Labute approximate surface area is 200 Å². The van der Waals surface area contributed by atoms with Crippen LogP contribution < -0.4 is 0 Å². The Morgan fingerprint density at radius 3 is 1.44 bits per heavy atom. The lowest BCUT2D eigenvalue weighted by Gasteiger charge is -2.04. The van der Waals surface area contributed by atoms with E-state index in [9.17, 15) is 4.79 Å². The minimum Gasteiger partial charge on any atom is -0.466 e. The Hall–Kier alpha value is -1.57. The van der Waals surface area contributed by atoms with E-state index in [1.165, 1.54) is 77.0 Å². The molecular weight excluding hydrogens is 392 g/mol. The molecular formula is C30H52O2. The second kappa shape index (κ2) is 27.5. The molecule has 0 aromatic rings. The number of unbranched alkanes of at least 4 members (excludes halogenated alkanes) is 13. The van der Waals surface area contributed by atoms with Gasteiger partial charge < -0.3 is 4.74 Å². The Bertz CT molecular complexity index is 499. The van der Waals surface area contributed by atoms with Crippen molar-refractivity contribution in [2.75, 3.05) is 6.61 Å². The van der Waals surface area contributed by atoms with Crippen LogP contribution in [-0.2, 0) is 9.53 Å². The van der Waals surface area contributed by atoms with Crippen LogP contribution in [0, 0.1) is 0 Å². The summed E-state index contributed by atoms with van der Waals surface area (Å²) < 4.78 is 5.34. The number of carbonyl (C=O) groups is 1. The Morgan fingerprint density at radius 2 is 0.938 bits per heavy atom. The van der Waals surface area contributed by atoms with E-state index in [4.69, 9.17) is 4.74 Å². The fraction of sp³-hybridized carbons (Fsp3) is 0.700. The summed E-state index contributed by atoms with van der Waals surface area (Å²) in [5.74, 6) is -0.0186. The van der Waals surface area contributed by atoms with Crippen molar-refractivity contribution in [2.24, 2.45) is 0 Å². The van der Waals surface area contributed by atoms with Gasteiger partial charge in [0.15, 0.2) is 0 Å². The van der Waals surface area contributed by atoms with Gasteiger partial charge in [0.2, 0.25) is 0 Å². The Morgan fingerprint density at radius 1 is 0.531 bits per heavy atom. The number of allylic oxidation sites excluding steroid dienone is 8. The molecule has 2 heteroatoms. The molecule has 0 aliphatic carbocycles. The smallest absolute Gasteiger partial charge is 0.305 e. The SMILES string of the molecule is CCCC/C=C\C=C\CCCCCCCCCC(=O)OCCCC/C=C\C=C\CCCC. The lowest BCUT2D eigenvalue weighted by Crippen LogP contribution is -2.05. The summed E-state index contributed by atoms with van der Waals surface area (Å²) in [6.45, 7) is 5.02. The number of hydrogen-bond donors (Lipinski definition) is 0. The van der Waals surface area contributed by atoms with Crippen molar-refractivity contribution in [3.8, 4) is 0 Å². The van der Waals surface area contributed by atoms with E-state index >= 15 is 0 Å². The lowest BCUT2D eigenvalue weighted by atomic mass is 10.1. The van der Waals surface area contributed by atoms with Crippen LogP contribution in [0.1, 0.15) is 129 Å². The monoisotopic (exact) mass is 444 g/mol. The molecule has 2 nitrogen and oxygen atoms in total. The van der Waals surface area contributed by atoms with Crippen molar-refractivity contribution in [1.82, 2.24) is 0 Å². The summed E-state index contributed by atoms with van der Waals surface area (Å²) in [7, 11) is 0. The first-order chi connectivity index (χ1) is 15.8. The average Bonchev–Trinajstić information content (AvgIpc) is 2.80. The minimum atomic E-state index is -0.0186. The van der Waals surface area contributed by atoms with E-state index in [0.717, 1.165) is 32.1 Å². The second-order valence-corrected chi connectivity index (χ2v) is 8.73. The van der Waals surface area contributed by atoms with Gasteiger partial charge in [-0.1, -0.05) is 120 Å². The highest BCUT2D eigenvalue weighted by Gasteiger charge is 2.02. The van der Waals surface area contributed by atoms with Gasteiger partial charge in [-0.25, -0.2) is 0 Å². The van der Waals surface area contributed by atoms with Gasteiger partial charge in [0.05, 0.1) is 6.61 Å². The summed E-state index contributed by atoms with van der Waals surface area (Å²) in [6.07, 6.45) is 38.5. The fourth-order valence-corrected chi connectivity index (χ4v) is 3.38. The van der Waals surface area contributed by atoms with Gasteiger partial charge in [0.1, 0.15) is 0 Å². The van der Waals surface area contributed by atoms with Crippen LogP contribution in [0.2, 0.25) is 0 Å². The molecule has 0 radical (unpaired) electrons. The zero-order valence-electron chi connectivity index (χ0n) is 21.4. The molecule has 0 heterocycles. The molecule has 0 atom stereocenters. The van der Waals surface area contributed by atoms with E-state index in [1.54, 1.807) is 0 Å². The van der Waals surface area contributed by atoms with Crippen molar-refractivity contribution in [3.05, 3.63) is 48.6 Å². The molecule has 0 fully saturated rings. The van der Waals surface area contributed by atoms with Crippen LogP contribution in [0.25, 0.3) is 0 Å². The van der Waals surface area contributed by atoms with Crippen LogP contribution in [0.15, 0.2) is 48.6 Å². The minimum absolute atomic E-state index is 0.0186. The molecule has 0 aromatic carbocycles. The largest absolute Gasteiger partial charge is 0.466 e. The first-order valence-electron chi connectivity index (χ1n) is 13.6. The highest BCUT2D eigenvalue weighted by molar-refractivity contribution is 5.69. The van der Waals surface area contributed by atoms with Crippen molar-refractivity contribution >= 4 is 5.97 Å². The third-order valence-electron chi connectivity index (χ3n) is 5.50. The molecule has 0 aliphatic heterocycles. The van der Waals surface area contributed by atoms with Gasteiger partial charge in [-0.2, -0.15) is 0 Å². The highest BCUT2D eigenvalue weighted by atomic mass is 16.5. The molecule has 32 heavy (non-hydrogen) atoms. The van der Waals surface area contributed by atoms with Crippen LogP contribution in [-0.4, -0.2) is 12.6 Å². The molecule has 0 saturated heterocycles. The van der Waals surface area contributed by atoms with Gasteiger partial charge in [-0.05, 0) is 51.4 Å². The lowest BCUT2D eigenvalue weighted by molar-refractivity contribution is -0.143. The third kappa shape index (κ3) is 26.5. The highest BCUT2D eigenvalue weighted by Crippen LogP contribution is 2.10. The number of esters is 1. The number of ether oxygens (including phenoxy) is 1. The van der Waals surface area contributed by atoms with Crippen LogP contribution >= 0.6 is 0 Å². The molecule has 0 amide bonds. The summed E-state index contributed by atoms with van der Waals surface area (Å²) in [4.78, 5) is 11.8. The molecule has 0 bridgehead atoms. The van der Waals surface area contributed by atoms with Crippen molar-refractivity contribution < 1.29 is 9.53 Å². The predicted octanol–water partition coefficient (Wildman–Crippen LogP) is 9.82. The summed E-state index contributed by atoms with van der Waals surface area (Å²) in [5.41, 5.74) is 0. The maximum Gasteiger partial charge on any atom is 0.305 e. The summed E-state index contributed by atoms with van der Waals surface area (Å²) in [5, 5.41) is 0. The van der Waals surface area contributed by atoms with Crippen molar-refractivity contribution in [3.63, 3.8) is 0 Å². The van der Waals surface area contributed by atoms with Crippen molar-refractivity contribution in [1.29, 1.82) is 0 Å². The van der Waals surface area contributed by atoms with E-state index in [1.807, 2.05) is 0 Å². The van der Waals surface area contributed by atoms with Gasteiger partial charge >= 0.3 is 5.97 Å². The molecule has 184 valence electrons. The topological polar surface area (TPSA) is 26.3 Å². The molecule has 0 unspecified atom stereocenters. The molecule has 0 rings (SSSR count). The van der Waals surface area contributed by atoms with E-state index < -0.39 is 0 Å². The fourth-order valence-electron chi connectivity index (χ4n) is 3.38. The van der Waals surface area contributed by atoms with Gasteiger partial charge in [-0.15, -0.1) is 0 Å².